The number of β-amino-alcohol motifs (C(OH)–C–C–N with tert-alkyl or cyclic N) is 1. The van der Waals surface area contributed by atoms with Gasteiger partial charge >= 0.3 is 12.0 Å². The first kappa shape index (κ1) is 70.7. The van der Waals surface area contributed by atoms with Crippen LogP contribution in [0.2, 0.25) is 0 Å². The summed E-state index contributed by atoms with van der Waals surface area (Å²) in [6.45, 7) is 10.2. The van der Waals surface area contributed by atoms with Crippen LogP contribution in [0.4, 0.5) is 27.7 Å². The van der Waals surface area contributed by atoms with Gasteiger partial charge in [-0.25, -0.2) is 9.78 Å². The molecule has 6 fully saturated rings. The van der Waals surface area contributed by atoms with Crippen LogP contribution in [-0.4, -0.2) is 177 Å². The van der Waals surface area contributed by atoms with E-state index in [2.05, 4.69) is 74.5 Å². The van der Waals surface area contributed by atoms with Gasteiger partial charge in [0.2, 0.25) is 29.5 Å². The Morgan fingerprint density at radius 1 is 0.832 bits per heavy atom. The Balaban J connectivity index is 0.568. The first-order valence-electron chi connectivity index (χ1n) is 35.0. The molecule has 10 N–H and O–H groups in total. The minimum atomic E-state index is -1.57. The van der Waals surface area contributed by atoms with Gasteiger partial charge in [-0.15, -0.1) is 10.2 Å². The van der Waals surface area contributed by atoms with E-state index in [1.165, 1.54) is 4.90 Å². The van der Waals surface area contributed by atoms with E-state index < -0.39 is 53.3 Å². The van der Waals surface area contributed by atoms with Crippen molar-refractivity contribution in [1.29, 1.82) is 5.26 Å². The van der Waals surface area contributed by atoms with Gasteiger partial charge in [0.15, 0.2) is 11.6 Å². The van der Waals surface area contributed by atoms with Crippen molar-refractivity contribution in [3.8, 4) is 34.8 Å². The van der Waals surface area contributed by atoms with Gasteiger partial charge < -0.3 is 81.1 Å². The fraction of sp³-hybridized carbons (Fsp3) is 0.493. The van der Waals surface area contributed by atoms with Crippen molar-refractivity contribution in [3.63, 3.8) is 0 Å². The minimum absolute atomic E-state index is 0.00188. The Morgan fingerprint density at radius 3 is 2.27 bits per heavy atom. The maximum absolute atomic E-state index is 14.2. The van der Waals surface area contributed by atoms with Crippen LogP contribution in [0.15, 0.2) is 108 Å². The molecule has 534 valence electrons. The molecule has 6 aliphatic rings. The largest absolute Gasteiger partial charge is 0.488 e. The second kappa shape index (κ2) is 31.6. The highest BCUT2D eigenvalue weighted by Crippen LogP contribution is 2.43. The third-order valence-corrected chi connectivity index (χ3v) is 20.5. The standard InChI is InChI=1S/C73H89N15O13/c1-43(2)65(69(92)87-41-52(89)33-60(87)68(91)79-44(3)47-15-11-45(38-74)12-16-47)62-37-64(84-101-62)97-31-30-85-28-22-53(23-29-85)99-54-34-55(35-54)100-63-32-49(21-27-77-63)88-50-19-20-51(88)40-86(39-50)59-36-58(82-83-66(59)75)56-8-4-5-10-61(56)98-42-46-13-17-48(18-14-46)80-67(90)57(9-6-26-78-72(76)96)81-70(93)73(71(94)95)24-7-25-73/h4-5,8,10-18,21,27,32,36-37,43-44,50-55,57,60,65,89H,6-7,9,19-20,22-26,28-31,33-35,39-42H2,1-3H3,(H2,75,83)(H,79,91)(H,80,90)(H,81,93)(H,94,95)(H3,76,78,96)/t44-,50?,51?,52+,54-,55-,57-,60-,65+/m0/s1. The summed E-state index contributed by atoms with van der Waals surface area (Å²) in [5.74, 6) is -2.02. The molecule has 4 aliphatic heterocycles. The number of carbonyl (C=O) groups is 6. The molecule has 2 bridgehead atoms. The molecule has 6 amide bonds. The van der Waals surface area contributed by atoms with Crippen LogP contribution in [0.5, 0.6) is 17.5 Å². The number of hydrogen-bond donors (Lipinski definition) is 8. The Labute approximate surface area is 585 Å². The number of benzene rings is 3. The van der Waals surface area contributed by atoms with Crippen molar-refractivity contribution in [1.82, 2.24) is 46.1 Å². The number of hydrogen-bond acceptors (Lipinski definition) is 21. The van der Waals surface area contributed by atoms with Crippen molar-refractivity contribution in [2.24, 2.45) is 17.1 Å². The van der Waals surface area contributed by atoms with Gasteiger partial charge in [0.25, 0.3) is 5.88 Å². The molecule has 101 heavy (non-hydrogen) atoms. The highest BCUT2D eigenvalue weighted by molar-refractivity contribution is 6.05. The zero-order valence-corrected chi connectivity index (χ0v) is 57.1. The molecule has 4 saturated heterocycles. The van der Waals surface area contributed by atoms with E-state index in [0.29, 0.717) is 66.1 Å². The lowest BCUT2D eigenvalue weighted by atomic mass is 9.68. The number of carbonyl (C=O) groups excluding carboxylic acids is 5. The average molecular weight is 1380 g/mol. The SMILES string of the molecule is CC(C)[C@@H](C(=O)N1C[C@H](O)C[C@H]1C(=O)N[C@@H](C)c1ccc(C#N)cc1)c1cc(OCCN2CCC(O[C@H]3C[C@H](Oc4cc(N5C6CCC5CN(c5cc(-c7ccccc7OCc7ccc(NC(=O)[C@H](CCCNC(N)=O)NC(=O)C8(C(=O)O)CCC8)cc7)nnc5N)C6)ccn4)C3)CC2)no1. The van der Waals surface area contributed by atoms with Crippen LogP contribution in [-0.2, 0) is 35.3 Å². The summed E-state index contributed by atoms with van der Waals surface area (Å²) in [7, 11) is 0. The topological polar surface area (TPSA) is 381 Å². The fourth-order valence-electron chi connectivity index (χ4n) is 14.6. The molecular formula is C73H89N15O13. The van der Waals surface area contributed by atoms with Gasteiger partial charge in [-0.05, 0) is 129 Å². The van der Waals surface area contributed by atoms with Gasteiger partial charge in [0.05, 0.1) is 47.4 Å². The lowest BCUT2D eigenvalue weighted by Crippen LogP contribution is -2.55. The molecule has 2 aliphatic carbocycles. The number of para-hydroxylation sites is 1. The Bertz CT molecular complexity index is 3950. The number of urea groups is 1. The van der Waals surface area contributed by atoms with Crippen LogP contribution in [0.3, 0.4) is 0 Å². The lowest BCUT2D eigenvalue weighted by molar-refractivity contribution is -0.162. The summed E-state index contributed by atoms with van der Waals surface area (Å²) in [5, 5.41) is 53.7. The summed E-state index contributed by atoms with van der Waals surface area (Å²) in [4.78, 5) is 91.0. The third kappa shape index (κ3) is 16.7. The number of amides is 6. The van der Waals surface area contributed by atoms with Gasteiger partial charge in [-0.2, -0.15) is 5.26 Å². The molecule has 12 rings (SSSR count). The number of rotatable bonds is 29. The van der Waals surface area contributed by atoms with Gasteiger partial charge in [-0.3, -0.25) is 28.9 Å². The fourth-order valence-corrected chi connectivity index (χ4v) is 14.6. The maximum atomic E-state index is 14.2. The highest BCUT2D eigenvalue weighted by Gasteiger charge is 2.52. The number of piperidine rings is 1. The number of primary amides is 1. The summed E-state index contributed by atoms with van der Waals surface area (Å²) in [6.07, 6.45) is 8.11. The second-order valence-corrected chi connectivity index (χ2v) is 27.7. The van der Waals surface area contributed by atoms with E-state index in [-0.39, 0.29) is 105 Å². The Morgan fingerprint density at radius 2 is 1.57 bits per heavy atom. The normalized spacial score (nSPS) is 21.8. The molecule has 3 aromatic carbocycles. The monoisotopic (exact) mass is 1380 g/mol. The van der Waals surface area contributed by atoms with E-state index in [1.54, 1.807) is 42.5 Å². The first-order chi connectivity index (χ1) is 48.8. The second-order valence-electron chi connectivity index (χ2n) is 27.7. The number of carboxylic acids is 1. The van der Waals surface area contributed by atoms with Crippen LogP contribution in [0.25, 0.3) is 11.3 Å². The molecule has 0 radical (unpaired) electrons. The number of ether oxygens (including phenoxy) is 4. The van der Waals surface area contributed by atoms with Gasteiger partial charge in [0.1, 0.15) is 48.5 Å². The number of aliphatic hydroxyl groups is 1. The quantitative estimate of drug-likeness (QED) is 0.0181. The first-order valence-corrected chi connectivity index (χ1v) is 35.0. The number of pyridine rings is 1. The van der Waals surface area contributed by atoms with E-state index in [4.69, 9.17) is 34.9 Å². The molecular weight excluding hydrogens is 1290 g/mol. The maximum Gasteiger partial charge on any atom is 0.319 e. The molecule has 0 spiro atoms. The number of anilines is 4. The van der Waals surface area contributed by atoms with Crippen molar-refractivity contribution < 1.29 is 62.5 Å². The molecule has 3 aromatic heterocycles. The van der Waals surface area contributed by atoms with E-state index in [1.807, 2.05) is 69.4 Å². The van der Waals surface area contributed by atoms with Crippen LogP contribution in [0.1, 0.15) is 132 Å². The number of nitriles is 1. The van der Waals surface area contributed by atoms with Crippen LogP contribution in [0, 0.1) is 22.7 Å². The zero-order chi connectivity index (χ0) is 70.9. The molecule has 7 heterocycles. The number of fused-ring (bicyclic) bond motifs is 2. The van der Waals surface area contributed by atoms with Crippen molar-refractivity contribution in [3.05, 3.63) is 126 Å². The summed E-state index contributed by atoms with van der Waals surface area (Å²) >= 11 is 0. The number of likely N-dealkylation sites (tertiary alicyclic amines) is 2. The van der Waals surface area contributed by atoms with E-state index in [9.17, 15) is 44.2 Å². The predicted octanol–water partition coefficient (Wildman–Crippen LogP) is 6.59. The summed E-state index contributed by atoms with van der Waals surface area (Å²) in [6, 6.07) is 28.8. The average Bonchev–Trinajstić information content (AvgIpc) is 1.42. The van der Waals surface area contributed by atoms with Crippen molar-refractivity contribution in [2.45, 2.75) is 165 Å². The number of nitrogen functional groups attached to an aromatic ring is 1. The number of nitrogens with zero attached hydrogens (tertiary/aromatic N) is 9. The van der Waals surface area contributed by atoms with E-state index >= 15 is 0 Å². The predicted molar refractivity (Wildman–Crippen MR) is 371 cm³/mol. The minimum Gasteiger partial charge on any atom is -0.488 e. The lowest BCUT2D eigenvalue weighted by Gasteiger charge is -2.43. The zero-order valence-electron chi connectivity index (χ0n) is 57.1. The molecule has 28 heteroatoms. The number of aliphatic hydroxyl groups excluding tert-OH is 1. The smallest absolute Gasteiger partial charge is 0.319 e. The van der Waals surface area contributed by atoms with Crippen LogP contribution < -0.4 is 56.7 Å². The Kier molecular flexibility index (Phi) is 22.1. The molecule has 6 aromatic rings. The number of aromatic nitrogens is 4. The summed E-state index contributed by atoms with van der Waals surface area (Å²) in [5.41, 5.74) is 16.0. The molecule has 7 atom stereocenters. The number of piperazine rings is 1. The number of nitrogens with two attached hydrogens (primary N) is 2. The highest BCUT2D eigenvalue weighted by atomic mass is 16.5. The number of aliphatic carboxylic acids is 1. The number of carboxylic acid groups (broad SMARTS) is 1. The molecule has 28 nitrogen and oxygen atoms in total. The Hall–Kier alpha value is -10.1. The molecule has 2 unspecified atom stereocenters. The number of nitrogens with one attached hydrogen (secondary N) is 4. The third-order valence-electron chi connectivity index (χ3n) is 20.5. The molecule has 2 saturated carbocycles. The van der Waals surface area contributed by atoms with Crippen molar-refractivity contribution in [2.75, 3.05) is 73.3 Å². The van der Waals surface area contributed by atoms with Crippen molar-refractivity contribution >= 4 is 58.5 Å². The van der Waals surface area contributed by atoms with Gasteiger partial charge in [0, 0.05) is 112 Å². The summed E-state index contributed by atoms with van der Waals surface area (Å²) < 4.78 is 31.2. The van der Waals surface area contributed by atoms with Gasteiger partial charge in [-0.1, -0.05) is 56.7 Å². The van der Waals surface area contributed by atoms with Crippen LogP contribution >= 0.6 is 0 Å². The van der Waals surface area contributed by atoms with E-state index in [0.717, 1.165) is 92.8 Å².